The first kappa shape index (κ1) is 10.7. The number of ether oxygens (including phenoxy) is 1. The van der Waals surface area contributed by atoms with Crippen LogP contribution >= 0.6 is 0 Å². The van der Waals surface area contributed by atoms with E-state index in [9.17, 15) is 9.90 Å². The van der Waals surface area contributed by atoms with Gasteiger partial charge in [-0.3, -0.25) is 0 Å². The molecule has 1 rings (SSSR count). The molecule has 0 radical (unpaired) electrons. The summed E-state index contributed by atoms with van der Waals surface area (Å²) in [4.78, 5) is 11.3. The minimum atomic E-state index is -1.30. The molecule has 0 bridgehead atoms. The van der Waals surface area contributed by atoms with Crippen LogP contribution in [0.1, 0.15) is 46.8 Å². The summed E-state index contributed by atoms with van der Waals surface area (Å²) < 4.78 is 12.4. The highest BCUT2D eigenvalue weighted by Crippen LogP contribution is 2.18. The molecule has 0 atom stereocenters. The molecule has 0 heterocycles. The van der Waals surface area contributed by atoms with Crippen LogP contribution in [0.15, 0.2) is 0 Å². The van der Waals surface area contributed by atoms with Crippen LogP contribution in [0.2, 0.25) is 0 Å². The van der Waals surface area contributed by atoms with Crippen LogP contribution in [-0.2, 0) is 4.74 Å². The molecule has 15 heavy (non-hydrogen) atoms. The maximum atomic E-state index is 11.3. The zero-order chi connectivity index (χ0) is 12.0. The summed E-state index contributed by atoms with van der Waals surface area (Å²) in [5.41, 5.74) is 0. The number of carbonyl (C=O) groups is 1. The second kappa shape index (κ2) is 6.67. The molecule has 88 valence electrons. The number of carbonyl (C=O) groups excluding carboxylic acids is 1. The van der Waals surface area contributed by atoms with Crippen molar-refractivity contribution >= 4 is 6.09 Å². The lowest BCUT2D eigenvalue weighted by Gasteiger charge is -2.25. The molecule has 0 unspecified atom stereocenters. The SMILES string of the molecule is [2H]C1(O)CCC(NC(=O)OCCCC)CC1. The van der Waals surface area contributed by atoms with E-state index in [1.807, 2.05) is 6.92 Å². The summed E-state index contributed by atoms with van der Waals surface area (Å²) in [5.74, 6) is 0. The summed E-state index contributed by atoms with van der Waals surface area (Å²) in [7, 11) is 0. The van der Waals surface area contributed by atoms with E-state index < -0.39 is 6.08 Å². The smallest absolute Gasteiger partial charge is 0.407 e. The molecule has 0 aliphatic heterocycles. The molecule has 0 saturated heterocycles. The Morgan fingerprint density at radius 2 is 2.20 bits per heavy atom. The van der Waals surface area contributed by atoms with Crippen molar-refractivity contribution in [3.05, 3.63) is 0 Å². The largest absolute Gasteiger partial charge is 0.450 e. The Kier molecular flexibility index (Phi) is 4.77. The van der Waals surface area contributed by atoms with Gasteiger partial charge < -0.3 is 15.2 Å². The number of unbranched alkanes of at least 4 members (excludes halogenated alkanes) is 1. The molecule has 4 nitrogen and oxygen atoms in total. The summed E-state index contributed by atoms with van der Waals surface area (Å²) in [5, 5.41) is 12.2. The Morgan fingerprint density at radius 3 is 2.80 bits per heavy atom. The van der Waals surface area contributed by atoms with Crippen molar-refractivity contribution in [3.8, 4) is 0 Å². The Hall–Kier alpha value is -0.770. The van der Waals surface area contributed by atoms with Gasteiger partial charge in [0.05, 0.1) is 14.1 Å². The van der Waals surface area contributed by atoms with Crippen LogP contribution in [0, 0.1) is 0 Å². The Bertz CT molecular complexity index is 223. The fraction of sp³-hybridized carbons (Fsp3) is 0.909. The summed E-state index contributed by atoms with van der Waals surface area (Å²) in [6.07, 6.45) is 2.30. The van der Waals surface area contributed by atoms with Gasteiger partial charge >= 0.3 is 6.09 Å². The standard InChI is InChI=1S/C11H21NO3/c1-2-3-8-15-11(14)12-9-4-6-10(13)7-5-9/h9-10,13H,2-8H2,1H3,(H,12,14)/i10D. The zero-order valence-corrected chi connectivity index (χ0v) is 9.29. The van der Waals surface area contributed by atoms with Gasteiger partial charge in [0.15, 0.2) is 0 Å². The van der Waals surface area contributed by atoms with Crippen LogP contribution in [0.3, 0.4) is 0 Å². The van der Waals surface area contributed by atoms with Crippen molar-refractivity contribution in [1.82, 2.24) is 5.32 Å². The van der Waals surface area contributed by atoms with Gasteiger partial charge in [-0.05, 0) is 32.1 Å². The quantitative estimate of drug-likeness (QED) is 0.705. The van der Waals surface area contributed by atoms with E-state index in [-0.39, 0.29) is 12.1 Å². The van der Waals surface area contributed by atoms with E-state index in [2.05, 4.69) is 5.32 Å². The molecule has 0 aromatic carbocycles. The minimum absolute atomic E-state index is 0.0414. The van der Waals surface area contributed by atoms with Gasteiger partial charge in [0.1, 0.15) is 0 Å². The molecular formula is C11H21NO3. The lowest BCUT2D eigenvalue weighted by Crippen LogP contribution is -2.38. The van der Waals surface area contributed by atoms with Gasteiger partial charge in [0, 0.05) is 6.04 Å². The van der Waals surface area contributed by atoms with Crippen molar-refractivity contribution in [2.75, 3.05) is 6.61 Å². The summed E-state index contributed by atoms with van der Waals surface area (Å²) >= 11 is 0. The Morgan fingerprint density at radius 1 is 1.53 bits per heavy atom. The number of alkyl carbamates (subject to hydrolysis) is 1. The molecule has 0 spiro atoms. The average Bonchev–Trinajstić information content (AvgIpc) is 2.22. The highest BCUT2D eigenvalue weighted by molar-refractivity contribution is 5.67. The lowest BCUT2D eigenvalue weighted by molar-refractivity contribution is 0.106. The number of rotatable bonds is 4. The molecule has 1 amide bonds. The monoisotopic (exact) mass is 216 g/mol. The van der Waals surface area contributed by atoms with Crippen LogP contribution in [0.25, 0.3) is 0 Å². The molecule has 2 N–H and O–H groups in total. The predicted molar refractivity (Wildman–Crippen MR) is 57.7 cm³/mol. The van der Waals surface area contributed by atoms with E-state index in [4.69, 9.17) is 6.11 Å². The second-order valence-electron chi connectivity index (χ2n) is 3.97. The zero-order valence-electron chi connectivity index (χ0n) is 10.3. The first-order valence-electron chi connectivity index (χ1n) is 6.19. The summed E-state index contributed by atoms with van der Waals surface area (Å²) in [6.45, 7) is 2.49. The van der Waals surface area contributed by atoms with Gasteiger partial charge in [-0.2, -0.15) is 0 Å². The normalized spacial score (nSPS) is 31.9. The highest BCUT2D eigenvalue weighted by Gasteiger charge is 2.20. The van der Waals surface area contributed by atoms with Crippen molar-refractivity contribution in [1.29, 1.82) is 0 Å². The first-order chi connectivity index (χ1) is 7.53. The molecule has 1 saturated carbocycles. The molecule has 1 fully saturated rings. The van der Waals surface area contributed by atoms with Crippen LogP contribution in [0.4, 0.5) is 4.79 Å². The summed E-state index contributed by atoms with van der Waals surface area (Å²) in [6, 6.07) is 0.0414. The van der Waals surface area contributed by atoms with E-state index in [0.29, 0.717) is 32.3 Å². The molecule has 1 aliphatic carbocycles. The van der Waals surface area contributed by atoms with Crippen LogP contribution < -0.4 is 5.32 Å². The number of nitrogens with one attached hydrogen (secondary N) is 1. The van der Waals surface area contributed by atoms with Crippen molar-refractivity contribution in [3.63, 3.8) is 0 Å². The highest BCUT2D eigenvalue weighted by atomic mass is 16.5. The van der Waals surface area contributed by atoms with Crippen LogP contribution in [0.5, 0.6) is 0 Å². The molecular weight excluding hydrogens is 194 g/mol. The van der Waals surface area contributed by atoms with Crippen molar-refractivity contribution < 1.29 is 16.0 Å². The topological polar surface area (TPSA) is 58.6 Å². The van der Waals surface area contributed by atoms with E-state index in [0.717, 1.165) is 12.8 Å². The number of hydrogen-bond acceptors (Lipinski definition) is 3. The minimum Gasteiger partial charge on any atom is -0.450 e. The molecule has 0 aromatic rings. The maximum absolute atomic E-state index is 11.3. The van der Waals surface area contributed by atoms with Crippen molar-refractivity contribution in [2.24, 2.45) is 0 Å². The number of hydrogen-bond donors (Lipinski definition) is 2. The van der Waals surface area contributed by atoms with E-state index in [1.54, 1.807) is 0 Å². The molecule has 0 aromatic heterocycles. The van der Waals surface area contributed by atoms with Gasteiger partial charge in [0.2, 0.25) is 0 Å². The van der Waals surface area contributed by atoms with Gasteiger partial charge in [-0.25, -0.2) is 4.79 Å². The molecule has 1 aliphatic rings. The number of amides is 1. The number of aliphatic hydroxyl groups is 1. The van der Waals surface area contributed by atoms with E-state index in [1.165, 1.54) is 0 Å². The Labute approximate surface area is 92.4 Å². The van der Waals surface area contributed by atoms with Gasteiger partial charge in [-0.15, -0.1) is 0 Å². The predicted octanol–water partition coefficient (Wildman–Crippen LogP) is 1.82. The van der Waals surface area contributed by atoms with Crippen LogP contribution in [-0.4, -0.2) is 29.9 Å². The fourth-order valence-corrected chi connectivity index (χ4v) is 1.61. The lowest BCUT2D eigenvalue weighted by atomic mass is 9.93. The third-order valence-electron chi connectivity index (χ3n) is 2.62. The van der Waals surface area contributed by atoms with Crippen molar-refractivity contribution in [2.45, 2.75) is 57.6 Å². The first-order valence-corrected chi connectivity index (χ1v) is 5.69. The molecule has 4 heteroatoms. The third-order valence-corrected chi connectivity index (χ3v) is 2.62. The van der Waals surface area contributed by atoms with Gasteiger partial charge in [-0.1, -0.05) is 13.3 Å². The maximum Gasteiger partial charge on any atom is 0.407 e. The Balaban J connectivity index is 2.16. The second-order valence-corrected chi connectivity index (χ2v) is 3.97. The van der Waals surface area contributed by atoms with Gasteiger partial charge in [0.25, 0.3) is 0 Å². The van der Waals surface area contributed by atoms with E-state index >= 15 is 0 Å². The third kappa shape index (κ3) is 5.02. The average molecular weight is 216 g/mol. The fourth-order valence-electron chi connectivity index (χ4n) is 1.61.